The second kappa shape index (κ2) is 6.42. The molecule has 1 amide bonds. The minimum absolute atomic E-state index is 0.295. The van der Waals surface area contributed by atoms with Crippen LogP contribution in [-0.4, -0.2) is 51.9 Å². The Labute approximate surface area is 136 Å². The van der Waals surface area contributed by atoms with Crippen LogP contribution in [0.25, 0.3) is 0 Å². The van der Waals surface area contributed by atoms with E-state index in [-0.39, 0.29) is 0 Å². The smallest absolute Gasteiger partial charge is 0.352 e. The molecule has 1 saturated heterocycles. The molecule has 0 N–H and O–H groups in total. The number of carbonyl (C=O) groups excluding carboxylic acids is 1. The molecule has 0 unspecified atom stereocenters. The molecule has 126 valence electrons. The number of piperazine rings is 1. The maximum atomic E-state index is 13.0. The number of nitrogens with zero attached hydrogens (tertiary/aromatic N) is 5. The zero-order valence-corrected chi connectivity index (χ0v) is 12.6. The monoisotopic (exact) mass is 337 g/mol. The molecule has 1 aliphatic heterocycles. The zero-order chi connectivity index (χ0) is 17.2. The normalized spacial score (nSPS) is 15.5. The summed E-state index contributed by atoms with van der Waals surface area (Å²) < 4.78 is 39.1. The van der Waals surface area contributed by atoms with Gasteiger partial charge in [0, 0.05) is 44.8 Å². The summed E-state index contributed by atoms with van der Waals surface area (Å²) in [5.41, 5.74) is -1.57. The highest BCUT2D eigenvalue weighted by atomic mass is 19.4. The lowest BCUT2D eigenvalue weighted by Gasteiger charge is -2.35. The van der Waals surface area contributed by atoms with Crippen LogP contribution in [0.2, 0.25) is 0 Å². The fourth-order valence-corrected chi connectivity index (χ4v) is 2.55. The lowest BCUT2D eigenvalue weighted by Crippen LogP contribution is -2.49. The first-order valence-corrected chi connectivity index (χ1v) is 7.29. The van der Waals surface area contributed by atoms with E-state index >= 15 is 0 Å². The van der Waals surface area contributed by atoms with Crippen LogP contribution >= 0.6 is 0 Å². The molecule has 1 fully saturated rings. The largest absolute Gasteiger partial charge is 0.418 e. The van der Waals surface area contributed by atoms with E-state index in [1.165, 1.54) is 17.2 Å². The highest BCUT2D eigenvalue weighted by molar-refractivity contribution is 5.94. The van der Waals surface area contributed by atoms with E-state index in [0.717, 1.165) is 6.07 Å². The van der Waals surface area contributed by atoms with Gasteiger partial charge in [-0.05, 0) is 12.1 Å². The van der Waals surface area contributed by atoms with Crippen LogP contribution in [0.5, 0.6) is 0 Å². The number of halogens is 3. The van der Waals surface area contributed by atoms with E-state index in [1.54, 1.807) is 18.6 Å². The Hall–Kier alpha value is -2.71. The van der Waals surface area contributed by atoms with Crippen molar-refractivity contribution in [1.29, 1.82) is 0 Å². The molecule has 0 aromatic carbocycles. The van der Waals surface area contributed by atoms with E-state index in [2.05, 4.69) is 15.0 Å². The summed E-state index contributed by atoms with van der Waals surface area (Å²) >= 11 is 0. The van der Waals surface area contributed by atoms with Crippen LogP contribution in [0.4, 0.5) is 19.0 Å². The highest BCUT2D eigenvalue weighted by Gasteiger charge is 2.37. The lowest BCUT2D eigenvalue weighted by atomic mass is 10.1. The Morgan fingerprint density at radius 2 is 1.79 bits per heavy atom. The van der Waals surface area contributed by atoms with Gasteiger partial charge in [0.2, 0.25) is 0 Å². The molecule has 2 aromatic rings. The topological polar surface area (TPSA) is 62.2 Å². The van der Waals surface area contributed by atoms with Gasteiger partial charge in [-0.1, -0.05) is 0 Å². The SMILES string of the molecule is O=C(c1ncccc1C(F)(F)F)N1CCN(c2cnccn2)CC1. The summed E-state index contributed by atoms with van der Waals surface area (Å²) in [4.78, 5) is 27.5. The summed E-state index contributed by atoms with van der Waals surface area (Å²) in [5, 5.41) is 0. The quantitative estimate of drug-likeness (QED) is 0.837. The number of hydrogen-bond donors (Lipinski definition) is 0. The Morgan fingerprint density at radius 3 is 2.42 bits per heavy atom. The van der Waals surface area contributed by atoms with Crippen molar-refractivity contribution in [2.75, 3.05) is 31.1 Å². The van der Waals surface area contributed by atoms with Crippen molar-refractivity contribution in [2.24, 2.45) is 0 Å². The Kier molecular flexibility index (Phi) is 4.32. The summed E-state index contributed by atoms with van der Waals surface area (Å²) in [7, 11) is 0. The first kappa shape index (κ1) is 16.2. The summed E-state index contributed by atoms with van der Waals surface area (Å²) in [6.07, 6.45) is 1.32. The third-order valence-electron chi connectivity index (χ3n) is 3.76. The van der Waals surface area contributed by atoms with Crippen molar-refractivity contribution >= 4 is 11.7 Å². The Balaban J connectivity index is 1.72. The first-order valence-electron chi connectivity index (χ1n) is 7.29. The third kappa shape index (κ3) is 3.29. The first-order chi connectivity index (χ1) is 11.5. The molecule has 0 atom stereocenters. The van der Waals surface area contributed by atoms with Gasteiger partial charge in [-0.2, -0.15) is 13.2 Å². The maximum Gasteiger partial charge on any atom is 0.418 e. The molecule has 1 aliphatic rings. The van der Waals surface area contributed by atoms with Gasteiger partial charge in [-0.3, -0.25) is 14.8 Å². The van der Waals surface area contributed by atoms with Gasteiger partial charge >= 0.3 is 6.18 Å². The number of amides is 1. The standard InChI is InChI=1S/C15H14F3N5O/c16-15(17,18)11-2-1-3-21-13(11)14(24)23-8-6-22(7-9-23)12-10-19-4-5-20-12/h1-5,10H,6-9H2. The molecule has 0 aliphatic carbocycles. The Bertz CT molecular complexity index is 715. The van der Waals surface area contributed by atoms with E-state index < -0.39 is 23.3 Å². The molecule has 0 saturated carbocycles. The number of hydrogen-bond acceptors (Lipinski definition) is 5. The summed E-state index contributed by atoms with van der Waals surface area (Å²) in [6, 6.07) is 2.04. The molecule has 24 heavy (non-hydrogen) atoms. The average Bonchev–Trinajstić information content (AvgIpc) is 2.61. The van der Waals surface area contributed by atoms with Crippen LogP contribution in [-0.2, 0) is 6.18 Å². The molecule has 0 bridgehead atoms. The second-order valence-electron chi connectivity index (χ2n) is 5.24. The zero-order valence-electron chi connectivity index (χ0n) is 12.6. The number of pyridine rings is 1. The van der Waals surface area contributed by atoms with Crippen molar-refractivity contribution in [3.63, 3.8) is 0 Å². The van der Waals surface area contributed by atoms with Crippen LogP contribution in [0.3, 0.4) is 0 Å². The second-order valence-corrected chi connectivity index (χ2v) is 5.24. The van der Waals surface area contributed by atoms with Gasteiger partial charge in [-0.15, -0.1) is 0 Å². The third-order valence-corrected chi connectivity index (χ3v) is 3.76. The molecule has 2 aromatic heterocycles. The van der Waals surface area contributed by atoms with Crippen molar-refractivity contribution in [1.82, 2.24) is 19.9 Å². The Morgan fingerprint density at radius 1 is 1.04 bits per heavy atom. The van der Waals surface area contributed by atoms with Gasteiger partial charge in [0.05, 0.1) is 11.8 Å². The fourth-order valence-electron chi connectivity index (χ4n) is 2.55. The van der Waals surface area contributed by atoms with Crippen LogP contribution in [0.15, 0.2) is 36.9 Å². The predicted molar refractivity (Wildman–Crippen MR) is 79.4 cm³/mol. The van der Waals surface area contributed by atoms with Crippen molar-refractivity contribution in [3.8, 4) is 0 Å². The lowest BCUT2D eigenvalue weighted by molar-refractivity contribution is -0.138. The number of aromatic nitrogens is 3. The molecule has 6 nitrogen and oxygen atoms in total. The minimum atomic E-state index is -4.61. The van der Waals surface area contributed by atoms with E-state index in [1.807, 2.05) is 4.90 Å². The van der Waals surface area contributed by atoms with Crippen molar-refractivity contribution in [2.45, 2.75) is 6.18 Å². The number of alkyl halides is 3. The van der Waals surface area contributed by atoms with E-state index in [9.17, 15) is 18.0 Å². The van der Waals surface area contributed by atoms with Crippen LogP contribution in [0, 0.1) is 0 Å². The van der Waals surface area contributed by atoms with Gasteiger partial charge in [0.25, 0.3) is 5.91 Å². The fraction of sp³-hybridized carbons (Fsp3) is 0.333. The molecule has 9 heteroatoms. The van der Waals surface area contributed by atoms with E-state index in [0.29, 0.717) is 32.0 Å². The van der Waals surface area contributed by atoms with Gasteiger partial charge in [0.15, 0.2) is 0 Å². The van der Waals surface area contributed by atoms with Gasteiger partial charge < -0.3 is 9.80 Å². The summed E-state index contributed by atoms with van der Waals surface area (Å²) in [6.45, 7) is 1.53. The minimum Gasteiger partial charge on any atom is -0.352 e. The highest BCUT2D eigenvalue weighted by Crippen LogP contribution is 2.31. The van der Waals surface area contributed by atoms with Crippen LogP contribution in [0.1, 0.15) is 16.1 Å². The number of anilines is 1. The van der Waals surface area contributed by atoms with Gasteiger partial charge in [-0.25, -0.2) is 4.98 Å². The predicted octanol–water partition coefficient (Wildman–Crippen LogP) is 1.85. The number of carbonyl (C=O) groups is 1. The number of rotatable bonds is 2. The summed E-state index contributed by atoms with van der Waals surface area (Å²) in [5.74, 6) is -0.0277. The molecule has 0 spiro atoms. The average molecular weight is 337 g/mol. The van der Waals surface area contributed by atoms with Gasteiger partial charge in [0.1, 0.15) is 11.5 Å². The molecule has 0 radical (unpaired) electrons. The molecular formula is C15H14F3N5O. The van der Waals surface area contributed by atoms with Crippen molar-refractivity contribution < 1.29 is 18.0 Å². The molecule has 3 rings (SSSR count). The molecule has 3 heterocycles. The van der Waals surface area contributed by atoms with Crippen LogP contribution < -0.4 is 4.90 Å². The van der Waals surface area contributed by atoms with Crippen molar-refractivity contribution in [3.05, 3.63) is 48.2 Å². The molecular weight excluding hydrogens is 323 g/mol. The maximum absolute atomic E-state index is 13.0. The van der Waals surface area contributed by atoms with E-state index in [4.69, 9.17) is 0 Å².